The van der Waals surface area contributed by atoms with Crippen molar-refractivity contribution in [3.8, 4) is 0 Å². The van der Waals surface area contributed by atoms with Gasteiger partial charge in [0, 0.05) is 30.1 Å². The summed E-state index contributed by atoms with van der Waals surface area (Å²) >= 11 is 0. The number of carbonyl (C=O) groups is 1. The molecule has 0 aliphatic carbocycles. The molecule has 1 saturated heterocycles. The van der Waals surface area contributed by atoms with Crippen LogP contribution in [0.5, 0.6) is 0 Å². The number of carbonyl (C=O) groups excluding carboxylic acids is 1. The van der Waals surface area contributed by atoms with Crippen molar-refractivity contribution in [2.75, 3.05) is 13.1 Å². The average molecular weight is 308 g/mol. The number of ketones is 1. The molecule has 2 heterocycles. The zero-order valence-electron chi connectivity index (χ0n) is 13.7. The second kappa shape index (κ2) is 7.05. The van der Waals surface area contributed by atoms with Crippen molar-refractivity contribution < 1.29 is 4.79 Å². The Hall–Kier alpha value is -2.00. The molecule has 3 rings (SSSR count). The Morgan fingerprint density at radius 1 is 1.43 bits per heavy atom. The predicted molar refractivity (Wildman–Crippen MR) is 94.7 cm³/mol. The van der Waals surface area contributed by atoms with Crippen LogP contribution in [0.1, 0.15) is 35.2 Å². The van der Waals surface area contributed by atoms with Gasteiger partial charge in [0.2, 0.25) is 0 Å². The normalized spacial score (nSPS) is 21.3. The summed E-state index contributed by atoms with van der Waals surface area (Å²) in [5.41, 5.74) is 2.86. The largest absolute Gasteiger partial charge is 0.316 e. The van der Waals surface area contributed by atoms with E-state index in [0.717, 1.165) is 48.0 Å². The van der Waals surface area contributed by atoms with Crippen LogP contribution >= 0.6 is 0 Å². The third-order valence-electron chi connectivity index (χ3n) is 4.92. The molecule has 2 aromatic rings. The molecule has 0 bridgehead atoms. The van der Waals surface area contributed by atoms with Crippen molar-refractivity contribution >= 4 is 16.7 Å². The molecule has 1 aliphatic rings. The maximum Gasteiger partial charge on any atom is 0.163 e. The number of hydrogen-bond donors (Lipinski definition) is 1. The Labute approximate surface area is 137 Å². The minimum absolute atomic E-state index is 0.226. The quantitative estimate of drug-likeness (QED) is 0.672. The van der Waals surface area contributed by atoms with Crippen LogP contribution in [0.2, 0.25) is 0 Å². The highest BCUT2D eigenvalue weighted by atomic mass is 16.1. The molecule has 1 aromatic carbocycles. The van der Waals surface area contributed by atoms with Crippen LogP contribution in [-0.4, -0.2) is 23.9 Å². The predicted octanol–water partition coefficient (Wildman–Crippen LogP) is 3.92. The lowest BCUT2D eigenvalue weighted by molar-refractivity contribution is 0.0968. The lowest BCUT2D eigenvalue weighted by Crippen LogP contribution is -2.35. The number of nitrogens with zero attached hydrogens (tertiary/aromatic N) is 1. The molecule has 3 nitrogen and oxygen atoms in total. The van der Waals surface area contributed by atoms with E-state index in [1.54, 1.807) is 6.20 Å². The summed E-state index contributed by atoms with van der Waals surface area (Å²) in [5.74, 6) is 1.27. The number of nitrogens with one attached hydrogen (secondary N) is 1. The Balaban J connectivity index is 1.76. The molecule has 2 unspecified atom stereocenters. The lowest BCUT2D eigenvalue weighted by Gasteiger charge is -2.29. The van der Waals surface area contributed by atoms with Crippen LogP contribution in [0.25, 0.3) is 10.9 Å². The summed E-state index contributed by atoms with van der Waals surface area (Å²) in [5, 5.41) is 4.38. The molecule has 0 saturated carbocycles. The van der Waals surface area contributed by atoms with Gasteiger partial charge in [0.05, 0.1) is 5.52 Å². The zero-order chi connectivity index (χ0) is 16.2. The van der Waals surface area contributed by atoms with E-state index in [-0.39, 0.29) is 5.78 Å². The van der Waals surface area contributed by atoms with E-state index in [1.807, 2.05) is 31.2 Å². The van der Waals surface area contributed by atoms with E-state index in [0.29, 0.717) is 18.3 Å². The van der Waals surface area contributed by atoms with Gasteiger partial charge < -0.3 is 5.32 Å². The minimum atomic E-state index is 0.226. The molecule has 0 radical (unpaired) electrons. The molecule has 23 heavy (non-hydrogen) atoms. The number of aromatic nitrogens is 1. The summed E-state index contributed by atoms with van der Waals surface area (Å²) in [6.07, 6.45) is 6.43. The molecule has 0 spiro atoms. The number of pyridine rings is 1. The number of piperidine rings is 1. The van der Waals surface area contributed by atoms with Gasteiger partial charge in [0.15, 0.2) is 5.78 Å². The summed E-state index contributed by atoms with van der Waals surface area (Å²) in [4.78, 5) is 17.1. The van der Waals surface area contributed by atoms with Crippen LogP contribution in [0.4, 0.5) is 0 Å². The molecule has 1 N–H and O–H groups in total. The Bertz CT molecular complexity index is 723. The molecular formula is C20H24N2O. The third-order valence-corrected chi connectivity index (χ3v) is 4.92. The van der Waals surface area contributed by atoms with Gasteiger partial charge in [-0.3, -0.25) is 9.78 Å². The van der Waals surface area contributed by atoms with Crippen LogP contribution in [-0.2, 0) is 0 Å². The highest BCUT2D eigenvalue weighted by Crippen LogP contribution is 2.27. The van der Waals surface area contributed by atoms with Crippen molar-refractivity contribution in [1.82, 2.24) is 10.3 Å². The van der Waals surface area contributed by atoms with E-state index in [2.05, 4.69) is 22.9 Å². The van der Waals surface area contributed by atoms with Crippen molar-refractivity contribution in [1.29, 1.82) is 0 Å². The smallest absolute Gasteiger partial charge is 0.163 e. The van der Waals surface area contributed by atoms with Gasteiger partial charge in [-0.1, -0.05) is 17.7 Å². The van der Waals surface area contributed by atoms with Gasteiger partial charge in [0.1, 0.15) is 0 Å². The highest BCUT2D eigenvalue weighted by Gasteiger charge is 2.23. The van der Waals surface area contributed by atoms with Crippen LogP contribution < -0.4 is 5.32 Å². The summed E-state index contributed by atoms with van der Waals surface area (Å²) in [7, 11) is 0. The molecule has 0 amide bonds. The fourth-order valence-corrected chi connectivity index (χ4v) is 3.53. The first-order chi connectivity index (χ1) is 11.2. The van der Waals surface area contributed by atoms with Crippen molar-refractivity contribution in [2.24, 2.45) is 11.8 Å². The van der Waals surface area contributed by atoms with Gasteiger partial charge in [0.25, 0.3) is 0 Å². The topological polar surface area (TPSA) is 42.0 Å². The second-order valence-corrected chi connectivity index (χ2v) is 6.49. The lowest BCUT2D eigenvalue weighted by atomic mass is 9.82. The van der Waals surface area contributed by atoms with Gasteiger partial charge in [-0.25, -0.2) is 0 Å². The summed E-state index contributed by atoms with van der Waals surface area (Å²) < 4.78 is 0. The second-order valence-electron chi connectivity index (χ2n) is 6.49. The van der Waals surface area contributed by atoms with E-state index in [1.165, 1.54) is 0 Å². The summed E-state index contributed by atoms with van der Waals surface area (Å²) in [6.45, 7) is 8.01. The van der Waals surface area contributed by atoms with Gasteiger partial charge in [-0.05, 0) is 56.3 Å². The van der Waals surface area contributed by atoms with Crippen molar-refractivity contribution in [2.45, 2.75) is 26.2 Å². The zero-order valence-corrected chi connectivity index (χ0v) is 13.7. The van der Waals surface area contributed by atoms with Crippen LogP contribution in [0.3, 0.4) is 0 Å². The first-order valence-corrected chi connectivity index (χ1v) is 8.41. The van der Waals surface area contributed by atoms with E-state index >= 15 is 0 Å². The fraction of sp³-hybridized carbons (Fsp3) is 0.400. The molecule has 1 aliphatic heterocycles. The van der Waals surface area contributed by atoms with Gasteiger partial charge in [-0.15, -0.1) is 6.58 Å². The summed E-state index contributed by atoms with van der Waals surface area (Å²) in [6, 6.07) is 7.94. The van der Waals surface area contributed by atoms with Crippen LogP contribution in [0, 0.1) is 18.8 Å². The fourth-order valence-electron chi connectivity index (χ4n) is 3.53. The molecular weight excluding hydrogens is 284 g/mol. The Morgan fingerprint density at radius 2 is 2.30 bits per heavy atom. The number of Topliss-reactive ketones (excluding diaryl/α,β-unsaturated/α-hetero) is 1. The standard InChI is InChI=1S/C20H24N2O/c1-3-15-13-21-10-8-16(15)5-7-20(23)17-9-11-22-19-6-4-14(2)12-18(17)19/h3-4,6,9,11-12,15-16,21H,1,5,7-8,10,13H2,2H3. The number of hydrogen-bond acceptors (Lipinski definition) is 3. The average Bonchev–Trinajstić information content (AvgIpc) is 2.59. The van der Waals surface area contributed by atoms with E-state index in [9.17, 15) is 4.79 Å². The van der Waals surface area contributed by atoms with Crippen molar-refractivity contribution in [3.63, 3.8) is 0 Å². The van der Waals surface area contributed by atoms with Gasteiger partial charge >= 0.3 is 0 Å². The van der Waals surface area contributed by atoms with Crippen LogP contribution in [0.15, 0.2) is 43.1 Å². The van der Waals surface area contributed by atoms with Crippen molar-refractivity contribution in [3.05, 3.63) is 54.2 Å². The minimum Gasteiger partial charge on any atom is -0.316 e. The maximum absolute atomic E-state index is 12.7. The molecule has 1 fully saturated rings. The first kappa shape index (κ1) is 15.9. The number of fused-ring (bicyclic) bond motifs is 1. The monoisotopic (exact) mass is 308 g/mol. The third kappa shape index (κ3) is 3.50. The van der Waals surface area contributed by atoms with E-state index in [4.69, 9.17) is 0 Å². The SMILES string of the molecule is C=CC1CNCCC1CCC(=O)c1ccnc2ccc(C)cc12. The number of benzene rings is 1. The Morgan fingerprint density at radius 3 is 3.13 bits per heavy atom. The molecule has 1 aromatic heterocycles. The Kier molecular flexibility index (Phi) is 4.87. The van der Waals surface area contributed by atoms with Gasteiger partial charge in [-0.2, -0.15) is 0 Å². The molecule has 2 atom stereocenters. The molecule has 120 valence electrons. The van der Waals surface area contributed by atoms with E-state index < -0.39 is 0 Å². The number of rotatable bonds is 5. The highest BCUT2D eigenvalue weighted by molar-refractivity contribution is 6.07. The first-order valence-electron chi connectivity index (χ1n) is 8.41. The maximum atomic E-state index is 12.7. The number of aryl methyl sites for hydroxylation is 1. The molecule has 3 heteroatoms.